The van der Waals surface area contributed by atoms with Crippen LogP contribution in [0.5, 0.6) is 11.5 Å². The third-order valence-corrected chi connectivity index (χ3v) is 6.49. The fourth-order valence-electron chi connectivity index (χ4n) is 5.13. The van der Waals surface area contributed by atoms with Crippen molar-refractivity contribution >= 4 is 27.8 Å². The van der Waals surface area contributed by atoms with E-state index in [1.165, 1.54) is 10.8 Å². The molecule has 0 spiro atoms. The number of rotatable bonds is 3. The standard InChI is InChI=1S/C27H27NO3/c1-27(2)14-20-24-18-8-6-5-7-16(18)9-12-21(24)28-26(25(20)22(29)15-27)19-11-10-17(30-3)13-23(19)31-4/h5-13,26,28H,14-15H2,1-4H3/t26-/m1/s1. The topological polar surface area (TPSA) is 47.6 Å². The summed E-state index contributed by atoms with van der Waals surface area (Å²) in [5.74, 6) is 1.65. The van der Waals surface area contributed by atoms with Gasteiger partial charge in [0.2, 0.25) is 0 Å². The molecule has 0 unspecified atom stereocenters. The highest BCUT2D eigenvalue weighted by Gasteiger charge is 2.41. The molecule has 1 N–H and O–H groups in total. The predicted octanol–water partition coefficient (Wildman–Crippen LogP) is 6.17. The van der Waals surface area contributed by atoms with Crippen molar-refractivity contribution in [3.63, 3.8) is 0 Å². The van der Waals surface area contributed by atoms with E-state index in [1.54, 1.807) is 14.2 Å². The zero-order valence-electron chi connectivity index (χ0n) is 18.4. The maximum atomic E-state index is 13.5. The summed E-state index contributed by atoms with van der Waals surface area (Å²) in [5, 5.41) is 6.05. The molecule has 0 saturated carbocycles. The SMILES string of the molecule is COc1ccc([C@H]2Nc3ccc4ccccc4c3C3=C2C(=O)CC(C)(C)C3)c(OC)c1. The first kappa shape index (κ1) is 19.7. The zero-order chi connectivity index (χ0) is 21.8. The van der Waals surface area contributed by atoms with Crippen LogP contribution in [0, 0.1) is 5.41 Å². The molecule has 0 bridgehead atoms. The molecule has 1 aliphatic heterocycles. The van der Waals surface area contributed by atoms with E-state index >= 15 is 0 Å². The molecule has 5 rings (SSSR count). The minimum Gasteiger partial charge on any atom is -0.497 e. The number of hydrogen-bond donors (Lipinski definition) is 1. The molecule has 1 heterocycles. The van der Waals surface area contributed by atoms with E-state index in [2.05, 4.69) is 55.6 Å². The summed E-state index contributed by atoms with van der Waals surface area (Å²) < 4.78 is 11.1. The van der Waals surface area contributed by atoms with Gasteiger partial charge in [0.15, 0.2) is 5.78 Å². The van der Waals surface area contributed by atoms with Crippen molar-refractivity contribution in [2.24, 2.45) is 5.41 Å². The van der Waals surface area contributed by atoms with Crippen LogP contribution in [0.3, 0.4) is 0 Å². The van der Waals surface area contributed by atoms with Crippen molar-refractivity contribution in [1.29, 1.82) is 0 Å². The second-order valence-electron chi connectivity index (χ2n) is 9.23. The number of ether oxygens (including phenoxy) is 2. The van der Waals surface area contributed by atoms with Gasteiger partial charge in [-0.15, -0.1) is 0 Å². The van der Waals surface area contributed by atoms with Gasteiger partial charge >= 0.3 is 0 Å². The highest BCUT2D eigenvalue weighted by atomic mass is 16.5. The number of carbonyl (C=O) groups excluding carboxylic acids is 1. The van der Waals surface area contributed by atoms with Gasteiger partial charge in [0.05, 0.1) is 20.3 Å². The van der Waals surface area contributed by atoms with Crippen LogP contribution in [0.1, 0.15) is 43.9 Å². The molecular formula is C27H27NO3. The lowest BCUT2D eigenvalue weighted by Gasteiger charge is -2.40. The van der Waals surface area contributed by atoms with Crippen LogP contribution in [0.25, 0.3) is 16.3 Å². The van der Waals surface area contributed by atoms with Crippen LogP contribution in [0.2, 0.25) is 0 Å². The van der Waals surface area contributed by atoms with Gasteiger partial charge in [0.1, 0.15) is 11.5 Å². The molecule has 4 heteroatoms. The van der Waals surface area contributed by atoms with Gasteiger partial charge < -0.3 is 14.8 Å². The molecule has 0 radical (unpaired) electrons. The molecule has 1 atom stereocenters. The monoisotopic (exact) mass is 413 g/mol. The Hall–Kier alpha value is -3.27. The Balaban J connectivity index is 1.78. The van der Waals surface area contributed by atoms with Crippen molar-refractivity contribution in [1.82, 2.24) is 0 Å². The van der Waals surface area contributed by atoms with Crippen molar-refractivity contribution in [2.75, 3.05) is 19.5 Å². The predicted molar refractivity (Wildman–Crippen MR) is 125 cm³/mol. The van der Waals surface area contributed by atoms with Crippen molar-refractivity contribution < 1.29 is 14.3 Å². The van der Waals surface area contributed by atoms with Gasteiger partial charge in [0, 0.05) is 34.9 Å². The van der Waals surface area contributed by atoms with Gasteiger partial charge in [-0.2, -0.15) is 0 Å². The van der Waals surface area contributed by atoms with Crippen LogP contribution in [-0.4, -0.2) is 20.0 Å². The number of Topliss-reactive ketones (excluding diaryl/α,β-unsaturated/α-hetero) is 1. The second-order valence-corrected chi connectivity index (χ2v) is 9.23. The quantitative estimate of drug-likeness (QED) is 0.558. The lowest BCUT2D eigenvalue weighted by molar-refractivity contribution is -0.118. The number of ketones is 1. The van der Waals surface area contributed by atoms with Crippen LogP contribution in [-0.2, 0) is 4.79 Å². The molecule has 0 fully saturated rings. The smallest absolute Gasteiger partial charge is 0.162 e. The molecule has 0 saturated heterocycles. The summed E-state index contributed by atoms with van der Waals surface area (Å²) in [4.78, 5) is 13.5. The number of methoxy groups -OCH3 is 2. The first-order chi connectivity index (χ1) is 14.9. The number of nitrogens with one attached hydrogen (secondary N) is 1. The molecule has 4 nitrogen and oxygen atoms in total. The van der Waals surface area contributed by atoms with Gasteiger partial charge in [0.25, 0.3) is 0 Å². The maximum Gasteiger partial charge on any atom is 0.162 e. The fraction of sp³-hybridized carbons (Fsp3) is 0.296. The molecule has 3 aromatic carbocycles. The zero-order valence-corrected chi connectivity index (χ0v) is 18.4. The van der Waals surface area contributed by atoms with E-state index < -0.39 is 0 Å². The molecule has 1 aliphatic carbocycles. The third kappa shape index (κ3) is 3.18. The molecule has 3 aromatic rings. The van der Waals surface area contributed by atoms with E-state index in [9.17, 15) is 4.79 Å². The molecule has 0 amide bonds. The number of hydrogen-bond acceptors (Lipinski definition) is 4. The lowest BCUT2D eigenvalue weighted by Crippen LogP contribution is -2.33. The number of allylic oxidation sites excluding steroid dienone is 1. The van der Waals surface area contributed by atoms with Crippen LogP contribution in [0.15, 0.2) is 60.2 Å². The van der Waals surface area contributed by atoms with Gasteiger partial charge in [-0.25, -0.2) is 0 Å². The minimum atomic E-state index is -0.256. The Morgan fingerprint density at radius 3 is 2.55 bits per heavy atom. The molecule has 2 aliphatic rings. The van der Waals surface area contributed by atoms with Crippen LogP contribution >= 0.6 is 0 Å². The van der Waals surface area contributed by atoms with E-state index in [0.29, 0.717) is 12.2 Å². The lowest BCUT2D eigenvalue weighted by atomic mass is 9.68. The van der Waals surface area contributed by atoms with E-state index in [0.717, 1.165) is 40.1 Å². The van der Waals surface area contributed by atoms with Gasteiger partial charge in [-0.05, 0) is 46.4 Å². The van der Waals surface area contributed by atoms with Crippen molar-refractivity contribution in [3.05, 3.63) is 71.3 Å². The highest BCUT2D eigenvalue weighted by molar-refractivity contribution is 6.13. The Labute approximate surface area is 182 Å². The van der Waals surface area contributed by atoms with E-state index in [1.807, 2.05) is 18.2 Å². The fourth-order valence-corrected chi connectivity index (χ4v) is 5.13. The highest BCUT2D eigenvalue weighted by Crippen LogP contribution is 2.53. The second kappa shape index (κ2) is 7.16. The van der Waals surface area contributed by atoms with Crippen LogP contribution in [0.4, 0.5) is 5.69 Å². The Kier molecular flexibility index (Phi) is 4.54. The maximum absolute atomic E-state index is 13.5. The number of carbonyl (C=O) groups is 1. The Bertz CT molecular complexity index is 1240. The van der Waals surface area contributed by atoms with Crippen molar-refractivity contribution in [3.8, 4) is 11.5 Å². The summed E-state index contributed by atoms with van der Waals surface area (Å²) in [7, 11) is 3.30. The van der Waals surface area contributed by atoms with Gasteiger partial charge in [-0.3, -0.25) is 4.79 Å². The molecule has 0 aromatic heterocycles. The largest absolute Gasteiger partial charge is 0.497 e. The molecular weight excluding hydrogens is 386 g/mol. The average molecular weight is 414 g/mol. The van der Waals surface area contributed by atoms with Crippen LogP contribution < -0.4 is 14.8 Å². The molecule has 31 heavy (non-hydrogen) atoms. The first-order valence-corrected chi connectivity index (χ1v) is 10.7. The van der Waals surface area contributed by atoms with E-state index in [4.69, 9.17) is 9.47 Å². The number of fused-ring (bicyclic) bond motifs is 4. The summed E-state index contributed by atoms with van der Waals surface area (Å²) in [6.45, 7) is 4.37. The first-order valence-electron chi connectivity index (χ1n) is 10.7. The summed E-state index contributed by atoms with van der Waals surface area (Å²) >= 11 is 0. The minimum absolute atomic E-state index is 0.0734. The summed E-state index contributed by atoms with van der Waals surface area (Å²) in [6.07, 6.45) is 1.41. The summed E-state index contributed by atoms with van der Waals surface area (Å²) in [6, 6.07) is 18.2. The Morgan fingerprint density at radius 1 is 0.968 bits per heavy atom. The third-order valence-electron chi connectivity index (χ3n) is 6.49. The number of benzene rings is 3. The number of anilines is 1. The van der Waals surface area contributed by atoms with Crippen molar-refractivity contribution in [2.45, 2.75) is 32.7 Å². The van der Waals surface area contributed by atoms with E-state index in [-0.39, 0.29) is 17.2 Å². The normalized spacial score (nSPS) is 19.5. The molecule has 158 valence electrons. The summed E-state index contributed by atoms with van der Waals surface area (Å²) in [5.41, 5.74) is 5.13. The average Bonchev–Trinajstić information content (AvgIpc) is 2.76. The Morgan fingerprint density at radius 2 is 1.77 bits per heavy atom. The van der Waals surface area contributed by atoms with Gasteiger partial charge in [-0.1, -0.05) is 44.2 Å².